The van der Waals surface area contributed by atoms with Crippen LogP contribution in [-0.2, 0) is 4.74 Å². The molecule has 1 aliphatic heterocycles. The molecule has 0 unspecified atom stereocenters. The minimum Gasteiger partial charge on any atom is -0.378 e. The molecular weight excluding hydrogens is 432 g/mol. The van der Waals surface area contributed by atoms with Gasteiger partial charge >= 0.3 is 0 Å². The fraction of sp³-hybridized carbons (Fsp3) is 0.417. The smallest absolute Gasteiger partial charge is 0.254 e. The van der Waals surface area contributed by atoms with Gasteiger partial charge in [0.15, 0.2) is 0 Å². The number of carbonyl (C=O) groups is 1. The second-order valence-corrected chi connectivity index (χ2v) is 8.82. The number of aromatic nitrogens is 3. The average molecular weight is 463 g/mol. The lowest BCUT2D eigenvalue weighted by Gasteiger charge is -2.29. The monoisotopic (exact) mass is 462 g/mol. The van der Waals surface area contributed by atoms with E-state index in [2.05, 4.69) is 25.5 Å². The SMILES string of the molecule is NC(=O)c1cnc(N[C@@H]2CCCC[C@@H]2N)nc1Nc1ccc2nc(N3CCOCC3)ccc2c1. The number of hydrogen-bond acceptors (Lipinski definition) is 9. The summed E-state index contributed by atoms with van der Waals surface area (Å²) in [5.41, 5.74) is 13.7. The highest BCUT2D eigenvalue weighted by atomic mass is 16.5. The van der Waals surface area contributed by atoms with Gasteiger partial charge in [-0.3, -0.25) is 4.79 Å². The maximum absolute atomic E-state index is 12.0. The van der Waals surface area contributed by atoms with Crippen molar-refractivity contribution in [3.63, 3.8) is 0 Å². The van der Waals surface area contributed by atoms with E-state index in [1.165, 1.54) is 6.20 Å². The number of primary amides is 1. The van der Waals surface area contributed by atoms with Crippen molar-refractivity contribution in [2.24, 2.45) is 11.5 Å². The summed E-state index contributed by atoms with van der Waals surface area (Å²) in [6.45, 7) is 3.11. The molecule has 0 radical (unpaired) electrons. The first-order valence-electron chi connectivity index (χ1n) is 11.8. The largest absolute Gasteiger partial charge is 0.378 e. The minimum absolute atomic E-state index is 0.0555. The van der Waals surface area contributed by atoms with Crippen LogP contribution < -0.4 is 27.0 Å². The predicted octanol–water partition coefficient (Wildman–Crippen LogP) is 2.39. The average Bonchev–Trinajstić information content (AvgIpc) is 2.86. The van der Waals surface area contributed by atoms with Crippen LogP contribution in [0.15, 0.2) is 36.5 Å². The number of pyridine rings is 1. The van der Waals surface area contributed by atoms with Gasteiger partial charge in [0, 0.05) is 42.4 Å². The number of benzene rings is 1. The zero-order valence-electron chi connectivity index (χ0n) is 19.0. The summed E-state index contributed by atoms with van der Waals surface area (Å²) in [6, 6.07) is 10.1. The van der Waals surface area contributed by atoms with Crippen LogP contribution in [0.2, 0.25) is 0 Å². The van der Waals surface area contributed by atoms with Gasteiger partial charge < -0.3 is 31.7 Å². The molecule has 10 nitrogen and oxygen atoms in total. The molecule has 10 heteroatoms. The number of amides is 1. The summed E-state index contributed by atoms with van der Waals surface area (Å²) in [7, 11) is 0. The highest BCUT2D eigenvalue weighted by Gasteiger charge is 2.23. The van der Waals surface area contributed by atoms with Gasteiger partial charge in [0.2, 0.25) is 5.95 Å². The second kappa shape index (κ2) is 9.78. The van der Waals surface area contributed by atoms with Crippen LogP contribution in [0.4, 0.5) is 23.3 Å². The molecule has 0 bridgehead atoms. The van der Waals surface area contributed by atoms with Crippen LogP contribution in [0.5, 0.6) is 0 Å². The lowest BCUT2D eigenvalue weighted by Crippen LogP contribution is -2.43. The molecule has 2 aromatic heterocycles. The summed E-state index contributed by atoms with van der Waals surface area (Å²) in [5.74, 6) is 1.13. The Morgan fingerprint density at radius 3 is 2.71 bits per heavy atom. The summed E-state index contributed by atoms with van der Waals surface area (Å²) < 4.78 is 5.43. The number of nitrogens with two attached hydrogens (primary N) is 2. The third kappa shape index (κ3) is 4.87. The minimum atomic E-state index is -0.596. The van der Waals surface area contributed by atoms with E-state index in [-0.39, 0.29) is 17.6 Å². The Morgan fingerprint density at radius 1 is 1.09 bits per heavy atom. The lowest BCUT2D eigenvalue weighted by molar-refractivity contribution is 0.100. The molecule has 1 aromatic carbocycles. The van der Waals surface area contributed by atoms with Gasteiger partial charge in [-0.25, -0.2) is 9.97 Å². The lowest BCUT2D eigenvalue weighted by atomic mass is 9.91. The molecule has 6 N–H and O–H groups in total. The van der Waals surface area contributed by atoms with Gasteiger partial charge in [0.25, 0.3) is 5.91 Å². The third-order valence-electron chi connectivity index (χ3n) is 6.46. The molecule has 178 valence electrons. The van der Waals surface area contributed by atoms with Crippen molar-refractivity contribution in [3.05, 3.63) is 42.1 Å². The second-order valence-electron chi connectivity index (χ2n) is 8.82. The summed E-state index contributed by atoms with van der Waals surface area (Å²) >= 11 is 0. The molecule has 1 aliphatic carbocycles. The summed E-state index contributed by atoms with van der Waals surface area (Å²) in [6.07, 6.45) is 5.65. The molecule has 1 amide bonds. The first-order valence-corrected chi connectivity index (χ1v) is 11.8. The van der Waals surface area contributed by atoms with Crippen LogP contribution >= 0.6 is 0 Å². The van der Waals surface area contributed by atoms with Crippen molar-refractivity contribution in [1.82, 2.24) is 15.0 Å². The van der Waals surface area contributed by atoms with E-state index >= 15 is 0 Å². The molecule has 2 aliphatic rings. The van der Waals surface area contributed by atoms with Crippen molar-refractivity contribution < 1.29 is 9.53 Å². The first kappa shape index (κ1) is 22.3. The number of anilines is 4. The third-order valence-corrected chi connectivity index (χ3v) is 6.46. The maximum atomic E-state index is 12.0. The molecule has 1 saturated heterocycles. The van der Waals surface area contributed by atoms with Crippen LogP contribution in [0.1, 0.15) is 36.0 Å². The Hall–Kier alpha value is -3.50. The first-order chi connectivity index (χ1) is 16.6. The molecule has 2 fully saturated rings. The van der Waals surface area contributed by atoms with E-state index < -0.39 is 5.91 Å². The number of hydrogen-bond donors (Lipinski definition) is 4. The van der Waals surface area contributed by atoms with E-state index in [0.29, 0.717) is 25.0 Å². The Balaban J connectivity index is 1.38. The van der Waals surface area contributed by atoms with E-state index in [1.807, 2.05) is 30.3 Å². The summed E-state index contributed by atoms with van der Waals surface area (Å²) in [4.78, 5) is 27.9. The molecule has 3 heterocycles. The number of rotatable bonds is 6. The highest BCUT2D eigenvalue weighted by Crippen LogP contribution is 2.26. The summed E-state index contributed by atoms with van der Waals surface area (Å²) in [5, 5.41) is 7.54. The zero-order valence-corrected chi connectivity index (χ0v) is 19.0. The topological polar surface area (TPSA) is 144 Å². The fourth-order valence-electron chi connectivity index (χ4n) is 4.53. The van der Waals surface area contributed by atoms with Crippen LogP contribution in [-0.4, -0.2) is 59.2 Å². The van der Waals surface area contributed by atoms with Gasteiger partial charge in [-0.15, -0.1) is 0 Å². The van der Waals surface area contributed by atoms with E-state index in [9.17, 15) is 4.79 Å². The molecule has 34 heavy (non-hydrogen) atoms. The Labute approximate surface area is 198 Å². The standard InChI is InChI=1S/C24H30N8O2/c25-18-3-1-2-4-20(18)30-24-27-14-17(22(26)33)23(31-24)28-16-6-7-19-15(13-16)5-8-21(29-19)32-9-11-34-12-10-32/h5-8,13-14,18,20H,1-4,9-12,25H2,(H2,26,33)(H2,27,28,30,31)/t18-,20+/m0/s1. The quantitative estimate of drug-likeness (QED) is 0.434. The molecule has 0 spiro atoms. The number of morpholine rings is 1. The van der Waals surface area contributed by atoms with Crippen LogP contribution in [0.3, 0.4) is 0 Å². The van der Waals surface area contributed by atoms with Crippen LogP contribution in [0, 0.1) is 0 Å². The van der Waals surface area contributed by atoms with E-state index in [4.69, 9.17) is 21.2 Å². The van der Waals surface area contributed by atoms with Crippen molar-refractivity contribution in [2.45, 2.75) is 37.8 Å². The Kier molecular flexibility index (Phi) is 6.41. The number of ether oxygens (including phenoxy) is 1. The normalized spacial score (nSPS) is 20.8. The zero-order chi connectivity index (χ0) is 23.5. The van der Waals surface area contributed by atoms with Crippen LogP contribution in [0.25, 0.3) is 10.9 Å². The number of carbonyl (C=O) groups excluding carboxylic acids is 1. The number of nitrogens with zero attached hydrogens (tertiary/aromatic N) is 4. The van der Waals surface area contributed by atoms with Gasteiger partial charge in [0.05, 0.1) is 18.7 Å². The fourth-order valence-corrected chi connectivity index (χ4v) is 4.53. The van der Waals surface area contributed by atoms with E-state index in [1.54, 1.807) is 0 Å². The van der Waals surface area contributed by atoms with Gasteiger partial charge in [0.1, 0.15) is 17.2 Å². The van der Waals surface area contributed by atoms with Crippen molar-refractivity contribution in [2.75, 3.05) is 41.8 Å². The number of fused-ring (bicyclic) bond motifs is 1. The highest BCUT2D eigenvalue weighted by molar-refractivity contribution is 5.98. The Bertz CT molecular complexity index is 1180. The maximum Gasteiger partial charge on any atom is 0.254 e. The molecular formula is C24H30N8O2. The molecule has 1 saturated carbocycles. The van der Waals surface area contributed by atoms with E-state index in [0.717, 1.165) is 61.2 Å². The van der Waals surface area contributed by atoms with Crippen molar-refractivity contribution in [1.29, 1.82) is 0 Å². The molecule has 5 rings (SSSR count). The Morgan fingerprint density at radius 2 is 1.91 bits per heavy atom. The predicted molar refractivity (Wildman–Crippen MR) is 132 cm³/mol. The molecule has 2 atom stereocenters. The van der Waals surface area contributed by atoms with Gasteiger partial charge in [-0.1, -0.05) is 12.8 Å². The van der Waals surface area contributed by atoms with Crippen molar-refractivity contribution >= 4 is 40.1 Å². The van der Waals surface area contributed by atoms with Gasteiger partial charge in [-0.05, 0) is 43.2 Å². The molecule has 3 aromatic rings. The van der Waals surface area contributed by atoms with Crippen molar-refractivity contribution in [3.8, 4) is 0 Å². The number of nitrogens with one attached hydrogen (secondary N) is 2. The van der Waals surface area contributed by atoms with Gasteiger partial charge in [-0.2, -0.15) is 4.98 Å².